The van der Waals surface area contributed by atoms with E-state index >= 15 is 0 Å². The third kappa shape index (κ3) is 3.38. The van der Waals surface area contributed by atoms with Gasteiger partial charge in [-0.25, -0.2) is 0 Å². The first kappa shape index (κ1) is 15.4. The van der Waals surface area contributed by atoms with Crippen LogP contribution in [0.25, 0.3) is 11.1 Å². The molecule has 0 radical (unpaired) electrons. The Morgan fingerprint density at radius 3 is 1.76 bits per heavy atom. The molecule has 0 aromatic heterocycles. The van der Waals surface area contributed by atoms with Crippen LogP contribution in [-0.4, -0.2) is 0 Å². The molecule has 0 saturated heterocycles. The van der Waals surface area contributed by atoms with Crippen molar-refractivity contribution in [3.05, 3.63) is 53.6 Å². The van der Waals surface area contributed by atoms with Gasteiger partial charge in [-0.2, -0.15) is 13.2 Å². The van der Waals surface area contributed by atoms with Crippen LogP contribution in [0.4, 0.5) is 18.9 Å². The quantitative estimate of drug-likeness (QED) is 0.714. The van der Waals surface area contributed by atoms with Gasteiger partial charge in [-0.15, -0.1) is 0 Å². The van der Waals surface area contributed by atoms with Gasteiger partial charge in [0.15, 0.2) is 0 Å². The van der Waals surface area contributed by atoms with E-state index in [0.717, 1.165) is 23.3 Å². The minimum Gasteiger partial charge on any atom is -0.398 e. The molecule has 21 heavy (non-hydrogen) atoms. The maximum Gasteiger partial charge on any atom is 0.416 e. The molecule has 0 aliphatic carbocycles. The van der Waals surface area contributed by atoms with Crippen molar-refractivity contribution in [3.8, 4) is 11.1 Å². The van der Waals surface area contributed by atoms with Crippen LogP contribution in [0, 0.1) is 0 Å². The Hall–Kier alpha value is -1.97. The topological polar surface area (TPSA) is 26.0 Å². The molecule has 0 fully saturated rings. The highest BCUT2D eigenvalue weighted by Crippen LogP contribution is 2.35. The molecule has 2 aromatic carbocycles. The van der Waals surface area contributed by atoms with E-state index in [1.807, 2.05) is 24.3 Å². The van der Waals surface area contributed by atoms with Crippen LogP contribution in [0.5, 0.6) is 0 Å². The van der Waals surface area contributed by atoms with Crippen LogP contribution >= 0.6 is 0 Å². The van der Waals surface area contributed by atoms with Gasteiger partial charge in [-0.1, -0.05) is 51.1 Å². The molecule has 2 N–H and O–H groups in total. The smallest absolute Gasteiger partial charge is 0.398 e. The standard InChI is InChI=1S/C17H18F3N/c1-16(2,3)12-6-4-11(5-7-12)14-9-8-13(10-15(14)21)17(18,19)20/h4-10H,21H2,1-3H3. The lowest BCUT2D eigenvalue weighted by Gasteiger charge is -2.19. The van der Waals surface area contributed by atoms with Crippen molar-refractivity contribution in [2.75, 3.05) is 5.73 Å². The summed E-state index contributed by atoms with van der Waals surface area (Å²) in [5, 5.41) is 0. The monoisotopic (exact) mass is 293 g/mol. The molecular weight excluding hydrogens is 275 g/mol. The first-order valence-corrected chi connectivity index (χ1v) is 6.67. The second kappa shape index (κ2) is 5.10. The van der Waals surface area contributed by atoms with E-state index < -0.39 is 11.7 Å². The van der Waals surface area contributed by atoms with Crippen LogP contribution < -0.4 is 5.73 Å². The first-order valence-electron chi connectivity index (χ1n) is 6.67. The van der Waals surface area contributed by atoms with Crippen molar-refractivity contribution < 1.29 is 13.2 Å². The number of nitrogen functional groups attached to an aromatic ring is 1. The zero-order chi connectivity index (χ0) is 15.8. The molecule has 0 saturated carbocycles. The van der Waals surface area contributed by atoms with Gasteiger partial charge in [0.05, 0.1) is 5.56 Å². The Labute approximate surface area is 122 Å². The summed E-state index contributed by atoms with van der Waals surface area (Å²) >= 11 is 0. The lowest BCUT2D eigenvalue weighted by Crippen LogP contribution is -2.10. The average molecular weight is 293 g/mol. The van der Waals surface area contributed by atoms with Gasteiger partial charge in [0.1, 0.15) is 0 Å². The zero-order valence-corrected chi connectivity index (χ0v) is 12.3. The zero-order valence-electron chi connectivity index (χ0n) is 12.3. The number of benzene rings is 2. The van der Waals surface area contributed by atoms with Crippen molar-refractivity contribution >= 4 is 5.69 Å². The van der Waals surface area contributed by atoms with E-state index in [4.69, 9.17) is 5.73 Å². The summed E-state index contributed by atoms with van der Waals surface area (Å²) in [5.41, 5.74) is 7.80. The Bertz CT molecular complexity index is 635. The van der Waals surface area contributed by atoms with Gasteiger partial charge < -0.3 is 5.73 Å². The minimum absolute atomic E-state index is 0.0320. The predicted octanol–water partition coefficient (Wildman–Crippen LogP) is 5.25. The van der Waals surface area contributed by atoms with Crippen molar-refractivity contribution in [1.29, 1.82) is 0 Å². The van der Waals surface area contributed by atoms with E-state index in [9.17, 15) is 13.2 Å². The largest absolute Gasteiger partial charge is 0.416 e. The van der Waals surface area contributed by atoms with Gasteiger partial charge in [0.2, 0.25) is 0 Å². The Morgan fingerprint density at radius 1 is 0.810 bits per heavy atom. The fraction of sp³-hybridized carbons (Fsp3) is 0.294. The number of alkyl halides is 3. The Balaban J connectivity index is 2.39. The summed E-state index contributed by atoms with van der Waals surface area (Å²) in [7, 11) is 0. The molecule has 4 heteroatoms. The van der Waals surface area contributed by atoms with Crippen LogP contribution in [0.2, 0.25) is 0 Å². The number of anilines is 1. The number of rotatable bonds is 1. The summed E-state index contributed by atoms with van der Waals surface area (Å²) < 4.78 is 37.9. The summed E-state index contributed by atoms with van der Waals surface area (Å²) in [5.74, 6) is 0. The molecule has 0 amide bonds. The number of hydrogen-bond donors (Lipinski definition) is 1. The normalized spacial score (nSPS) is 12.5. The van der Waals surface area contributed by atoms with Crippen molar-refractivity contribution in [2.24, 2.45) is 0 Å². The lowest BCUT2D eigenvalue weighted by molar-refractivity contribution is -0.137. The second-order valence-corrected chi connectivity index (χ2v) is 6.13. The molecule has 0 aliphatic rings. The van der Waals surface area contributed by atoms with Gasteiger partial charge in [-0.3, -0.25) is 0 Å². The maximum atomic E-state index is 12.6. The highest BCUT2D eigenvalue weighted by Gasteiger charge is 2.30. The van der Waals surface area contributed by atoms with E-state index in [-0.39, 0.29) is 11.1 Å². The van der Waals surface area contributed by atoms with E-state index in [1.165, 1.54) is 6.07 Å². The van der Waals surface area contributed by atoms with E-state index in [0.29, 0.717) is 5.56 Å². The molecule has 0 heterocycles. The molecule has 0 atom stereocenters. The van der Waals surface area contributed by atoms with Crippen LogP contribution in [0.15, 0.2) is 42.5 Å². The first-order chi connectivity index (χ1) is 9.59. The Morgan fingerprint density at radius 2 is 1.33 bits per heavy atom. The highest BCUT2D eigenvalue weighted by atomic mass is 19.4. The highest BCUT2D eigenvalue weighted by molar-refractivity contribution is 5.77. The minimum atomic E-state index is -4.37. The molecule has 0 unspecified atom stereocenters. The summed E-state index contributed by atoms with van der Waals surface area (Å²) in [6.45, 7) is 6.32. The van der Waals surface area contributed by atoms with Gasteiger partial charge in [0.25, 0.3) is 0 Å². The molecule has 0 aliphatic heterocycles. The van der Waals surface area contributed by atoms with Crippen molar-refractivity contribution in [3.63, 3.8) is 0 Å². The van der Waals surface area contributed by atoms with E-state index in [1.54, 1.807) is 0 Å². The molecule has 0 bridgehead atoms. The Kier molecular flexibility index (Phi) is 3.74. The van der Waals surface area contributed by atoms with Gasteiger partial charge in [-0.05, 0) is 28.7 Å². The molecule has 2 rings (SSSR count). The second-order valence-electron chi connectivity index (χ2n) is 6.13. The number of nitrogens with two attached hydrogens (primary N) is 1. The molecule has 2 aromatic rings. The fourth-order valence-corrected chi connectivity index (χ4v) is 2.15. The molecule has 1 nitrogen and oxygen atoms in total. The van der Waals surface area contributed by atoms with Crippen LogP contribution in [-0.2, 0) is 11.6 Å². The summed E-state index contributed by atoms with van der Waals surface area (Å²) in [4.78, 5) is 0. The maximum absolute atomic E-state index is 12.6. The number of halogens is 3. The van der Waals surface area contributed by atoms with E-state index in [2.05, 4.69) is 20.8 Å². The third-order valence-electron chi connectivity index (χ3n) is 3.44. The van der Waals surface area contributed by atoms with Crippen molar-refractivity contribution in [1.82, 2.24) is 0 Å². The third-order valence-corrected chi connectivity index (χ3v) is 3.44. The molecular formula is C17H18F3N. The lowest BCUT2D eigenvalue weighted by atomic mass is 9.86. The van der Waals surface area contributed by atoms with Gasteiger partial charge >= 0.3 is 6.18 Å². The van der Waals surface area contributed by atoms with Gasteiger partial charge in [0, 0.05) is 11.3 Å². The predicted molar refractivity (Wildman–Crippen MR) is 80.0 cm³/mol. The molecule has 112 valence electrons. The summed E-state index contributed by atoms with van der Waals surface area (Å²) in [6.07, 6.45) is -4.37. The van der Waals surface area contributed by atoms with Crippen LogP contribution in [0.1, 0.15) is 31.9 Å². The number of hydrogen-bond acceptors (Lipinski definition) is 1. The molecule has 0 spiro atoms. The van der Waals surface area contributed by atoms with Crippen molar-refractivity contribution in [2.45, 2.75) is 32.4 Å². The average Bonchev–Trinajstić information content (AvgIpc) is 2.36. The fourth-order valence-electron chi connectivity index (χ4n) is 2.15. The summed E-state index contributed by atoms with van der Waals surface area (Å²) in [6, 6.07) is 11.2. The SMILES string of the molecule is CC(C)(C)c1ccc(-c2ccc(C(F)(F)F)cc2N)cc1. The van der Waals surface area contributed by atoms with Crippen LogP contribution in [0.3, 0.4) is 0 Å².